The lowest BCUT2D eigenvalue weighted by Gasteiger charge is -2.26. The molecule has 0 aliphatic carbocycles. The molecule has 1 N–H and O–H groups in total. The first-order valence-electron chi connectivity index (χ1n) is 10.1. The van der Waals surface area contributed by atoms with Crippen LogP contribution in [0.3, 0.4) is 0 Å². The summed E-state index contributed by atoms with van der Waals surface area (Å²) in [6, 6.07) is 0. The van der Waals surface area contributed by atoms with Gasteiger partial charge in [0.25, 0.3) is 0 Å². The second kappa shape index (κ2) is 12.6. The van der Waals surface area contributed by atoms with E-state index in [2.05, 4.69) is 37.9 Å². The van der Waals surface area contributed by atoms with E-state index in [1.807, 2.05) is 0 Å². The molecule has 0 atom stereocenters. The maximum atomic E-state index is 12.0. The van der Waals surface area contributed by atoms with Crippen molar-refractivity contribution < 1.29 is 9.53 Å². The predicted octanol–water partition coefficient (Wildman–Crippen LogP) is 4.83. The Bertz CT molecular complexity index is 314. The van der Waals surface area contributed by atoms with Gasteiger partial charge in [0, 0.05) is 6.54 Å². The maximum Gasteiger partial charge on any atom is 0.407 e. The minimum atomic E-state index is -0.230. The van der Waals surface area contributed by atoms with Crippen molar-refractivity contribution in [2.45, 2.75) is 85.2 Å². The highest BCUT2D eigenvalue weighted by molar-refractivity contribution is 5.67. The van der Waals surface area contributed by atoms with Crippen LogP contribution in [-0.4, -0.2) is 43.3 Å². The lowest BCUT2D eigenvalue weighted by atomic mass is 9.99. The van der Waals surface area contributed by atoms with E-state index in [0.29, 0.717) is 11.8 Å². The fourth-order valence-corrected chi connectivity index (χ4v) is 3.17. The largest absolute Gasteiger partial charge is 0.446 e. The molecule has 1 rings (SSSR count). The Kier molecular flexibility index (Phi) is 11.1. The number of carbonyl (C=O) groups is 1. The Morgan fingerprint density at radius 3 is 2.08 bits per heavy atom. The van der Waals surface area contributed by atoms with Crippen LogP contribution in [0.15, 0.2) is 0 Å². The van der Waals surface area contributed by atoms with Gasteiger partial charge in [0.1, 0.15) is 6.10 Å². The van der Waals surface area contributed by atoms with E-state index in [4.69, 9.17) is 4.74 Å². The summed E-state index contributed by atoms with van der Waals surface area (Å²) in [5, 5.41) is 2.94. The zero-order valence-corrected chi connectivity index (χ0v) is 16.5. The number of alkyl carbamates (subject to hydrolysis) is 1. The lowest BCUT2D eigenvalue weighted by molar-refractivity contribution is 0.0805. The summed E-state index contributed by atoms with van der Waals surface area (Å²) in [5.74, 6) is 1.31. The molecule has 1 saturated heterocycles. The third-order valence-electron chi connectivity index (χ3n) is 4.77. The molecule has 142 valence electrons. The van der Waals surface area contributed by atoms with Gasteiger partial charge < -0.3 is 15.0 Å². The Morgan fingerprint density at radius 1 is 0.958 bits per heavy atom. The topological polar surface area (TPSA) is 41.6 Å². The number of piperidine rings is 1. The SMILES string of the molecule is CC(C)CCC(CCC(C)C)OC(=O)NCCCN1CCCCC1. The molecule has 0 aromatic rings. The van der Waals surface area contributed by atoms with Gasteiger partial charge in [-0.2, -0.15) is 0 Å². The summed E-state index contributed by atoms with van der Waals surface area (Å²) in [6.07, 6.45) is 9.05. The maximum absolute atomic E-state index is 12.0. The van der Waals surface area contributed by atoms with E-state index in [1.54, 1.807) is 0 Å². The van der Waals surface area contributed by atoms with Gasteiger partial charge in [0.15, 0.2) is 0 Å². The fourth-order valence-electron chi connectivity index (χ4n) is 3.17. The zero-order chi connectivity index (χ0) is 17.8. The number of likely N-dealkylation sites (tertiary alicyclic amines) is 1. The molecule has 0 aromatic carbocycles. The molecule has 1 amide bonds. The van der Waals surface area contributed by atoms with Crippen LogP contribution in [0.25, 0.3) is 0 Å². The molecule has 0 bridgehead atoms. The van der Waals surface area contributed by atoms with Gasteiger partial charge in [0.05, 0.1) is 0 Å². The Balaban J connectivity index is 2.19. The van der Waals surface area contributed by atoms with E-state index in [-0.39, 0.29) is 12.2 Å². The summed E-state index contributed by atoms with van der Waals surface area (Å²) in [4.78, 5) is 14.6. The molecule has 1 aliphatic heterocycles. The number of nitrogens with one attached hydrogen (secondary N) is 1. The van der Waals surface area contributed by atoms with Gasteiger partial charge in [0.2, 0.25) is 0 Å². The number of rotatable bonds is 11. The predicted molar refractivity (Wildman–Crippen MR) is 101 cm³/mol. The number of amides is 1. The second-order valence-corrected chi connectivity index (χ2v) is 8.15. The van der Waals surface area contributed by atoms with Gasteiger partial charge >= 0.3 is 6.09 Å². The van der Waals surface area contributed by atoms with Crippen LogP contribution >= 0.6 is 0 Å². The molecular formula is C20H40N2O2. The molecule has 0 spiro atoms. The van der Waals surface area contributed by atoms with E-state index in [1.165, 1.54) is 32.4 Å². The van der Waals surface area contributed by atoms with E-state index < -0.39 is 0 Å². The van der Waals surface area contributed by atoms with Crippen LogP contribution in [-0.2, 0) is 4.74 Å². The van der Waals surface area contributed by atoms with Crippen molar-refractivity contribution in [2.75, 3.05) is 26.2 Å². The molecule has 0 unspecified atom stereocenters. The van der Waals surface area contributed by atoms with Crippen molar-refractivity contribution in [3.05, 3.63) is 0 Å². The van der Waals surface area contributed by atoms with Crippen molar-refractivity contribution >= 4 is 6.09 Å². The smallest absolute Gasteiger partial charge is 0.407 e. The minimum absolute atomic E-state index is 0.0666. The van der Waals surface area contributed by atoms with Crippen LogP contribution in [0.1, 0.15) is 79.1 Å². The highest BCUT2D eigenvalue weighted by Crippen LogP contribution is 2.17. The summed E-state index contributed by atoms with van der Waals surface area (Å²) >= 11 is 0. The Morgan fingerprint density at radius 2 is 1.54 bits per heavy atom. The van der Waals surface area contributed by atoms with Gasteiger partial charge in [-0.3, -0.25) is 0 Å². The second-order valence-electron chi connectivity index (χ2n) is 8.15. The van der Waals surface area contributed by atoms with Crippen molar-refractivity contribution in [1.29, 1.82) is 0 Å². The van der Waals surface area contributed by atoms with Crippen molar-refractivity contribution in [1.82, 2.24) is 10.2 Å². The van der Waals surface area contributed by atoms with Gasteiger partial charge in [-0.15, -0.1) is 0 Å². The van der Waals surface area contributed by atoms with E-state index >= 15 is 0 Å². The molecule has 4 nitrogen and oxygen atoms in total. The third-order valence-corrected chi connectivity index (χ3v) is 4.77. The normalized spacial score (nSPS) is 16.1. The summed E-state index contributed by atoms with van der Waals surface area (Å²) in [5.41, 5.74) is 0. The molecule has 0 aromatic heterocycles. The zero-order valence-electron chi connectivity index (χ0n) is 16.5. The number of hydrogen-bond acceptors (Lipinski definition) is 3. The molecule has 1 fully saturated rings. The first-order valence-corrected chi connectivity index (χ1v) is 10.1. The molecular weight excluding hydrogens is 300 g/mol. The molecule has 1 aliphatic rings. The van der Waals surface area contributed by atoms with Crippen LogP contribution in [0.4, 0.5) is 4.79 Å². The summed E-state index contributed by atoms with van der Waals surface area (Å²) < 4.78 is 5.68. The standard InChI is InChI=1S/C20H40N2O2/c1-17(2)9-11-19(12-10-18(3)4)24-20(23)21-13-8-16-22-14-6-5-7-15-22/h17-19H,5-16H2,1-4H3,(H,21,23). The van der Waals surface area contributed by atoms with Gasteiger partial charge in [-0.25, -0.2) is 4.79 Å². The van der Waals surface area contributed by atoms with Crippen LogP contribution in [0.2, 0.25) is 0 Å². The first kappa shape index (κ1) is 21.3. The number of nitrogens with zero attached hydrogens (tertiary/aromatic N) is 1. The van der Waals surface area contributed by atoms with Crippen molar-refractivity contribution in [3.63, 3.8) is 0 Å². The quantitative estimate of drug-likeness (QED) is 0.548. The molecule has 0 radical (unpaired) electrons. The Labute approximate surface area is 149 Å². The van der Waals surface area contributed by atoms with Crippen LogP contribution in [0, 0.1) is 11.8 Å². The molecule has 24 heavy (non-hydrogen) atoms. The summed E-state index contributed by atoms with van der Waals surface area (Å²) in [7, 11) is 0. The highest BCUT2D eigenvalue weighted by atomic mass is 16.6. The van der Waals surface area contributed by atoms with Crippen molar-refractivity contribution in [3.8, 4) is 0 Å². The molecule has 0 saturated carbocycles. The van der Waals surface area contributed by atoms with Crippen LogP contribution in [0.5, 0.6) is 0 Å². The van der Waals surface area contributed by atoms with E-state index in [9.17, 15) is 4.79 Å². The average Bonchev–Trinajstić information content (AvgIpc) is 2.55. The average molecular weight is 341 g/mol. The van der Waals surface area contributed by atoms with Gasteiger partial charge in [-0.05, 0) is 76.4 Å². The number of ether oxygens (including phenoxy) is 1. The highest BCUT2D eigenvalue weighted by Gasteiger charge is 2.16. The number of carbonyl (C=O) groups excluding carboxylic acids is 1. The van der Waals surface area contributed by atoms with Crippen LogP contribution < -0.4 is 5.32 Å². The lowest BCUT2D eigenvalue weighted by Crippen LogP contribution is -2.34. The Hall–Kier alpha value is -0.770. The number of hydrogen-bond donors (Lipinski definition) is 1. The fraction of sp³-hybridized carbons (Fsp3) is 0.950. The third kappa shape index (κ3) is 10.9. The molecule has 1 heterocycles. The first-order chi connectivity index (χ1) is 11.5. The van der Waals surface area contributed by atoms with Crippen molar-refractivity contribution in [2.24, 2.45) is 11.8 Å². The minimum Gasteiger partial charge on any atom is -0.446 e. The van der Waals surface area contributed by atoms with Gasteiger partial charge in [-0.1, -0.05) is 34.1 Å². The molecule has 4 heteroatoms. The van der Waals surface area contributed by atoms with E-state index in [0.717, 1.165) is 45.2 Å². The summed E-state index contributed by atoms with van der Waals surface area (Å²) in [6.45, 7) is 13.1. The monoisotopic (exact) mass is 340 g/mol.